The van der Waals surface area contributed by atoms with Gasteiger partial charge in [-0.1, -0.05) is 18.5 Å². The van der Waals surface area contributed by atoms with Crippen LogP contribution in [0.1, 0.15) is 24.1 Å². The fourth-order valence-corrected chi connectivity index (χ4v) is 2.18. The Morgan fingerprint density at radius 1 is 1.32 bits per heavy atom. The Kier molecular flexibility index (Phi) is 4.82. The van der Waals surface area contributed by atoms with Gasteiger partial charge in [0.15, 0.2) is 0 Å². The zero-order valence-electron chi connectivity index (χ0n) is 10.6. The molecule has 1 aromatic carbocycles. The van der Waals surface area contributed by atoms with Crippen LogP contribution in [-0.2, 0) is 6.42 Å². The Morgan fingerprint density at radius 2 is 2.16 bits per heavy atom. The quantitative estimate of drug-likeness (QED) is 0.914. The van der Waals surface area contributed by atoms with Crippen molar-refractivity contribution in [3.63, 3.8) is 0 Å². The van der Waals surface area contributed by atoms with E-state index >= 15 is 0 Å². The number of likely N-dealkylation sites (N-methyl/N-ethyl adjacent to an activating group) is 1. The van der Waals surface area contributed by atoms with Gasteiger partial charge in [0.2, 0.25) is 0 Å². The summed E-state index contributed by atoms with van der Waals surface area (Å²) in [6.07, 6.45) is 3.84. The Morgan fingerprint density at radius 3 is 2.84 bits per heavy atom. The molecule has 0 radical (unpaired) electrons. The van der Waals surface area contributed by atoms with Gasteiger partial charge in [0.25, 0.3) is 0 Å². The Bertz CT molecular complexity index is 533. The van der Waals surface area contributed by atoms with Crippen molar-refractivity contribution in [2.45, 2.75) is 19.4 Å². The van der Waals surface area contributed by atoms with Crippen molar-refractivity contribution in [3.05, 3.63) is 58.6 Å². The van der Waals surface area contributed by atoms with Gasteiger partial charge in [0, 0.05) is 17.3 Å². The van der Waals surface area contributed by atoms with Gasteiger partial charge in [0.1, 0.15) is 5.82 Å². The Labute approximate surface area is 116 Å². The molecule has 100 valence electrons. The summed E-state index contributed by atoms with van der Waals surface area (Å²) in [6, 6.07) is 6.48. The predicted molar refractivity (Wildman–Crippen MR) is 73.6 cm³/mol. The number of rotatable bonds is 5. The van der Waals surface area contributed by atoms with Gasteiger partial charge in [-0.25, -0.2) is 4.39 Å². The molecule has 0 spiro atoms. The zero-order valence-corrected chi connectivity index (χ0v) is 11.4. The molecule has 2 aromatic rings. The molecule has 2 rings (SSSR count). The highest BCUT2D eigenvalue weighted by atomic mass is 35.5. The number of hydrogen-bond donors (Lipinski definition) is 1. The van der Waals surface area contributed by atoms with Crippen molar-refractivity contribution in [2.24, 2.45) is 0 Å². The van der Waals surface area contributed by atoms with Gasteiger partial charge in [-0.2, -0.15) is 10.2 Å². The van der Waals surface area contributed by atoms with Crippen molar-refractivity contribution in [1.82, 2.24) is 15.5 Å². The maximum Gasteiger partial charge on any atom is 0.126 e. The third-order valence-electron chi connectivity index (χ3n) is 2.89. The van der Waals surface area contributed by atoms with Crippen LogP contribution in [0.3, 0.4) is 0 Å². The molecule has 5 heteroatoms. The molecular formula is C14H15ClFN3. The van der Waals surface area contributed by atoms with Crippen LogP contribution in [0, 0.1) is 5.82 Å². The highest BCUT2D eigenvalue weighted by molar-refractivity contribution is 6.30. The van der Waals surface area contributed by atoms with Gasteiger partial charge in [0.05, 0.1) is 6.20 Å². The van der Waals surface area contributed by atoms with Crippen molar-refractivity contribution in [1.29, 1.82) is 0 Å². The van der Waals surface area contributed by atoms with E-state index in [9.17, 15) is 4.39 Å². The van der Waals surface area contributed by atoms with Crippen LogP contribution in [0.25, 0.3) is 0 Å². The third-order valence-corrected chi connectivity index (χ3v) is 3.13. The van der Waals surface area contributed by atoms with E-state index in [4.69, 9.17) is 11.6 Å². The minimum atomic E-state index is -0.241. The fraction of sp³-hybridized carbons (Fsp3) is 0.286. The number of halogens is 2. The van der Waals surface area contributed by atoms with E-state index in [0.717, 1.165) is 12.1 Å². The van der Waals surface area contributed by atoms with Crippen LogP contribution in [0.4, 0.5) is 4.39 Å². The summed E-state index contributed by atoms with van der Waals surface area (Å²) in [5, 5.41) is 11.5. The summed E-state index contributed by atoms with van der Waals surface area (Å²) < 4.78 is 13.8. The van der Waals surface area contributed by atoms with Gasteiger partial charge in [-0.05, 0) is 48.4 Å². The highest BCUT2D eigenvalue weighted by Gasteiger charge is 2.14. The van der Waals surface area contributed by atoms with E-state index in [1.165, 1.54) is 6.07 Å². The molecule has 1 N–H and O–H groups in total. The molecule has 0 bridgehead atoms. The van der Waals surface area contributed by atoms with Crippen molar-refractivity contribution < 1.29 is 4.39 Å². The molecule has 0 aliphatic heterocycles. The van der Waals surface area contributed by atoms with Crippen molar-refractivity contribution in [3.8, 4) is 0 Å². The van der Waals surface area contributed by atoms with Gasteiger partial charge >= 0.3 is 0 Å². The van der Waals surface area contributed by atoms with Gasteiger partial charge < -0.3 is 5.32 Å². The lowest BCUT2D eigenvalue weighted by Crippen LogP contribution is -2.23. The molecule has 3 nitrogen and oxygen atoms in total. The number of aromatic nitrogens is 2. The fourth-order valence-electron chi connectivity index (χ4n) is 1.98. The third kappa shape index (κ3) is 3.72. The summed E-state index contributed by atoms with van der Waals surface area (Å²) in [5.41, 5.74) is 1.58. The molecule has 0 amide bonds. The molecule has 19 heavy (non-hydrogen) atoms. The van der Waals surface area contributed by atoms with E-state index < -0.39 is 0 Å². The number of nitrogens with zero attached hydrogens (tertiary/aromatic N) is 2. The summed E-state index contributed by atoms with van der Waals surface area (Å²) in [5.74, 6) is -0.241. The Balaban J connectivity index is 2.24. The van der Waals surface area contributed by atoms with Crippen LogP contribution in [-0.4, -0.2) is 16.7 Å². The van der Waals surface area contributed by atoms with Crippen LogP contribution in [0.5, 0.6) is 0 Å². The lowest BCUT2D eigenvalue weighted by molar-refractivity contribution is 0.526. The molecule has 0 aliphatic rings. The first-order valence-electron chi connectivity index (χ1n) is 6.14. The SMILES string of the molecule is CCNC(Cc1cc(Cl)ccc1F)c1ccnnc1. The number of hydrogen-bond acceptors (Lipinski definition) is 3. The number of benzene rings is 1. The topological polar surface area (TPSA) is 37.8 Å². The maximum absolute atomic E-state index is 13.8. The van der Waals surface area contributed by atoms with Crippen LogP contribution in [0.15, 0.2) is 36.7 Å². The maximum atomic E-state index is 13.8. The zero-order chi connectivity index (χ0) is 13.7. The molecule has 0 aliphatic carbocycles. The minimum Gasteiger partial charge on any atom is -0.310 e. The minimum absolute atomic E-state index is 0.00605. The average Bonchev–Trinajstić information content (AvgIpc) is 2.43. The summed E-state index contributed by atoms with van der Waals surface area (Å²) >= 11 is 5.91. The average molecular weight is 280 g/mol. The normalized spacial score (nSPS) is 12.4. The first-order chi connectivity index (χ1) is 9.20. The van der Waals surface area contributed by atoms with Crippen LogP contribution in [0.2, 0.25) is 5.02 Å². The lowest BCUT2D eigenvalue weighted by Gasteiger charge is -2.18. The van der Waals surface area contributed by atoms with E-state index in [1.54, 1.807) is 24.5 Å². The predicted octanol–water partition coefficient (Wildman–Crippen LogP) is 3.16. The standard InChI is InChI=1S/C14H15ClFN3/c1-2-17-14(10-5-6-18-19-9-10)8-11-7-12(15)3-4-13(11)16/h3-7,9,14,17H,2,8H2,1H3. The van der Waals surface area contributed by atoms with Crippen LogP contribution < -0.4 is 5.32 Å². The van der Waals surface area contributed by atoms with E-state index in [2.05, 4.69) is 15.5 Å². The van der Waals surface area contributed by atoms with Crippen LogP contribution >= 0.6 is 11.6 Å². The molecule has 1 unspecified atom stereocenters. The summed E-state index contributed by atoms with van der Waals surface area (Å²) in [7, 11) is 0. The van der Waals surface area contributed by atoms with Crippen molar-refractivity contribution in [2.75, 3.05) is 6.54 Å². The highest BCUT2D eigenvalue weighted by Crippen LogP contribution is 2.22. The monoisotopic (exact) mass is 279 g/mol. The smallest absolute Gasteiger partial charge is 0.126 e. The molecule has 0 fully saturated rings. The Hall–Kier alpha value is -1.52. The molecule has 1 aromatic heterocycles. The van der Waals surface area contributed by atoms with E-state index in [1.807, 2.05) is 13.0 Å². The second-order valence-corrected chi connectivity index (χ2v) is 4.66. The molecule has 0 saturated carbocycles. The number of nitrogens with one attached hydrogen (secondary N) is 1. The van der Waals surface area contributed by atoms with E-state index in [0.29, 0.717) is 17.0 Å². The second kappa shape index (κ2) is 6.59. The molecule has 1 atom stereocenters. The second-order valence-electron chi connectivity index (χ2n) is 4.23. The summed E-state index contributed by atoms with van der Waals surface area (Å²) in [6.45, 7) is 2.80. The largest absolute Gasteiger partial charge is 0.310 e. The van der Waals surface area contributed by atoms with Crippen molar-refractivity contribution >= 4 is 11.6 Å². The van der Waals surface area contributed by atoms with Gasteiger partial charge in [-0.15, -0.1) is 0 Å². The molecular weight excluding hydrogens is 265 g/mol. The first-order valence-corrected chi connectivity index (χ1v) is 6.52. The molecule has 1 heterocycles. The van der Waals surface area contributed by atoms with E-state index in [-0.39, 0.29) is 11.9 Å². The first kappa shape index (κ1) is 13.9. The van der Waals surface area contributed by atoms with Gasteiger partial charge in [-0.3, -0.25) is 0 Å². The lowest BCUT2D eigenvalue weighted by atomic mass is 10.00. The summed E-state index contributed by atoms with van der Waals surface area (Å²) in [4.78, 5) is 0. The molecule has 0 saturated heterocycles.